The third-order valence-electron chi connectivity index (χ3n) is 2.69. The molecule has 1 heterocycles. The first-order valence-electron chi connectivity index (χ1n) is 6.83. The highest BCUT2D eigenvalue weighted by atomic mass is 16.2. The third kappa shape index (κ3) is 4.87. The lowest BCUT2D eigenvalue weighted by Crippen LogP contribution is -2.41. The van der Waals surface area contributed by atoms with Gasteiger partial charge in [0, 0.05) is 19.2 Å². The highest BCUT2D eigenvalue weighted by molar-refractivity contribution is 5.94. The monoisotopic (exact) mass is 279 g/mol. The van der Waals surface area contributed by atoms with Crippen LogP contribution in [0, 0.1) is 0 Å². The van der Waals surface area contributed by atoms with E-state index in [0.29, 0.717) is 13.1 Å². The summed E-state index contributed by atoms with van der Waals surface area (Å²) in [6.45, 7) is 4.95. The summed E-state index contributed by atoms with van der Waals surface area (Å²) in [7, 11) is 0. The molecule has 2 N–H and O–H groups in total. The number of H-pyrrole nitrogens is 1. The number of aromatic amines is 1. The first-order valence-corrected chi connectivity index (χ1v) is 6.83. The number of pyridine rings is 1. The number of aromatic nitrogens is 1. The molecule has 6 nitrogen and oxygen atoms in total. The average Bonchev–Trinajstić information content (AvgIpc) is 2.44. The maximum absolute atomic E-state index is 12.3. The smallest absolute Gasteiger partial charge is 0.270 e. The van der Waals surface area contributed by atoms with Crippen molar-refractivity contribution >= 4 is 11.8 Å². The van der Waals surface area contributed by atoms with Crippen LogP contribution in [0.5, 0.6) is 0 Å². The number of hydrogen-bond acceptors (Lipinski definition) is 3. The van der Waals surface area contributed by atoms with Crippen LogP contribution < -0.4 is 10.9 Å². The summed E-state index contributed by atoms with van der Waals surface area (Å²) >= 11 is 0. The average molecular weight is 279 g/mol. The van der Waals surface area contributed by atoms with Gasteiger partial charge in [0.2, 0.25) is 11.5 Å². The number of amides is 2. The molecule has 2 amide bonds. The minimum Gasteiger partial charge on any atom is -0.355 e. The molecule has 1 aromatic rings. The molecule has 0 fully saturated rings. The number of rotatable bonds is 7. The van der Waals surface area contributed by atoms with Gasteiger partial charge < -0.3 is 15.2 Å². The highest BCUT2D eigenvalue weighted by Crippen LogP contribution is 2.01. The Bertz CT molecular complexity index is 510. The van der Waals surface area contributed by atoms with Crippen molar-refractivity contribution in [1.29, 1.82) is 0 Å². The lowest BCUT2D eigenvalue weighted by Gasteiger charge is -2.21. The van der Waals surface area contributed by atoms with Gasteiger partial charge in [-0.2, -0.15) is 0 Å². The summed E-state index contributed by atoms with van der Waals surface area (Å²) in [6, 6.07) is 4.40. The Morgan fingerprint density at radius 1 is 1.25 bits per heavy atom. The highest BCUT2D eigenvalue weighted by Gasteiger charge is 2.18. The zero-order valence-corrected chi connectivity index (χ0v) is 11.9. The van der Waals surface area contributed by atoms with Gasteiger partial charge in [-0.05, 0) is 18.9 Å². The second kappa shape index (κ2) is 8.14. The predicted octanol–water partition coefficient (Wildman–Crippen LogP) is 0.753. The predicted molar refractivity (Wildman–Crippen MR) is 76.6 cm³/mol. The van der Waals surface area contributed by atoms with Crippen LogP contribution >= 0.6 is 0 Å². The lowest BCUT2D eigenvalue weighted by atomic mass is 10.3. The molecular weight excluding hydrogens is 258 g/mol. The molecule has 0 aliphatic rings. The zero-order valence-electron chi connectivity index (χ0n) is 11.9. The van der Waals surface area contributed by atoms with E-state index in [1.54, 1.807) is 0 Å². The first-order chi connectivity index (χ1) is 9.58. The van der Waals surface area contributed by atoms with Crippen molar-refractivity contribution in [2.75, 3.05) is 19.6 Å². The SMILES string of the molecule is CCCNC(=O)CN(CCC)C(=O)c1cccc(=O)[nH]1. The van der Waals surface area contributed by atoms with E-state index in [0.717, 1.165) is 12.8 Å². The molecule has 0 aliphatic heterocycles. The van der Waals surface area contributed by atoms with Crippen LogP contribution in [0.3, 0.4) is 0 Å². The van der Waals surface area contributed by atoms with E-state index in [1.807, 2.05) is 13.8 Å². The van der Waals surface area contributed by atoms with Gasteiger partial charge in [-0.1, -0.05) is 19.9 Å². The number of nitrogens with one attached hydrogen (secondary N) is 2. The van der Waals surface area contributed by atoms with Crippen molar-refractivity contribution < 1.29 is 9.59 Å². The van der Waals surface area contributed by atoms with Gasteiger partial charge in [-0.15, -0.1) is 0 Å². The van der Waals surface area contributed by atoms with E-state index in [9.17, 15) is 14.4 Å². The standard InChI is InChI=1S/C14H21N3O3/c1-3-8-15-13(19)10-17(9-4-2)14(20)11-6-5-7-12(18)16-11/h5-7H,3-4,8-10H2,1-2H3,(H,15,19)(H,16,18). The lowest BCUT2D eigenvalue weighted by molar-refractivity contribution is -0.121. The van der Waals surface area contributed by atoms with Crippen LogP contribution in [0.25, 0.3) is 0 Å². The molecule has 0 bridgehead atoms. The minimum atomic E-state index is -0.337. The van der Waals surface area contributed by atoms with Gasteiger partial charge in [-0.3, -0.25) is 14.4 Å². The fourth-order valence-corrected chi connectivity index (χ4v) is 1.76. The number of hydrogen-bond donors (Lipinski definition) is 2. The van der Waals surface area contributed by atoms with Crippen LogP contribution in [-0.2, 0) is 4.79 Å². The normalized spacial score (nSPS) is 10.1. The van der Waals surface area contributed by atoms with Gasteiger partial charge in [-0.25, -0.2) is 0 Å². The fraction of sp³-hybridized carbons (Fsp3) is 0.500. The molecular formula is C14H21N3O3. The first kappa shape index (κ1) is 15.9. The van der Waals surface area contributed by atoms with Crippen LogP contribution in [0.2, 0.25) is 0 Å². The Morgan fingerprint density at radius 2 is 2.00 bits per heavy atom. The van der Waals surface area contributed by atoms with Gasteiger partial charge in [0.15, 0.2) is 0 Å². The minimum absolute atomic E-state index is 0.00357. The summed E-state index contributed by atoms with van der Waals surface area (Å²) < 4.78 is 0. The molecule has 0 unspecified atom stereocenters. The molecule has 1 aromatic heterocycles. The third-order valence-corrected chi connectivity index (χ3v) is 2.69. The van der Waals surface area contributed by atoms with E-state index in [1.165, 1.54) is 23.1 Å². The van der Waals surface area contributed by atoms with Gasteiger partial charge in [0.25, 0.3) is 5.91 Å². The van der Waals surface area contributed by atoms with Crippen molar-refractivity contribution in [2.24, 2.45) is 0 Å². The van der Waals surface area contributed by atoms with Gasteiger partial charge in [0.05, 0.1) is 6.54 Å². The maximum Gasteiger partial charge on any atom is 0.270 e. The molecule has 0 saturated carbocycles. The van der Waals surface area contributed by atoms with E-state index in [4.69, 9.17) is 0 Å². The quantitative estimate of drug-likeness (QED) is 0.773. The largest absolute Gasteiger partial charge is 0.355 e. The second-order valence-corrected chi connectivity index (χ2v) is 4.51. The van der Waals surface area contributed by atoms with Crippen molar-refractivity contribution in [2.45, 2.75) is 26.7 Å². The Balaban J connectivity index is 2.77. The van der Waals surface area contributed by atoms with Crippen LogP contribution in [0.1, 0.15) is 37.2 Å². The Kier molecular flexibility index (Phi) is 6.49. The van der Waals surface area contributed by atoms with Crippen molar-refractivity contribution in [3.63, 3.8) is 0 Å². The maximum atomic E-state index is 12.3. The summed E-state index contributed by atoms with van der Waals surface area (Å²) in [5.74, 6) is -0.525. The molecule has 0 atom stereocenters. The van der Waals surface area contributed by atoms with E-state index >= 15 is 0 Å². The Morgan fingerprint density at radius 3 is 2.60 bits per heavy atom. The topological polar surface area (TPSA) is 82.3 Å². The van der Waals surface area contributed by atoms with E-state index in [-0.39, 0.29) is 29.6 Å². The second-order valence-electron chi connectivity index (χ2n) is 4.51. The molecule has 110 valence electrons. The molecule has 0 aliphatic carbocycles. The summed E-state index contributed by atoms with van der Waals surface area (Å²) in [5.41, 5.74) is -0.128. The number of carbonyl (C=O) groups is 2. The fourth-order valence-electron chi connectivity index (χ4n) is 1.76. The number of carbonyl (C=O) groups excluding carboxylic acids is 2. The van der Waals surface area contributed by atoms with Crippen LogP contribution in [-0.4, -0.2) is 41.3 Å². The van der Waals surface area contributed by atoms with Crippen LogP contribution in [0.15, 0.2) is 23.0 Å². The van der Waals surface area contributed by atoms with Crippen LogP contribution in [0.4, 0.5) is 0 Å². The number of nitrogens with zero attached hydrogens (tertiary/aromatic N) is 1. The van der Waals surface area contributed by atoms with E-state index < -0.39 is 0 Å². The molecule has 20 heavy (non-hydrogen) atoms. The Hall–Kier alpha value is -2.11. The summed E-state index contributed by atoms with van der Waals surface area (Å²) in [4.78, 5) is 39.1. The van der Waals surface area contributed by atoms with Gasteiger partial charge in [0.1, 0.15) is 5.69 Å². The van der Waals surface area contributed by atoms with Crippen molar-refractivity contribution in [3.05, 3.63) is 34.2 Å². The zero-order chi connectivity index (χ0) is 15.0. The van der Waals surface area contributed by atoms with E-state index in [2.05, 4.69) is 10.3 Å². The molecule has 1 rings (SSSR count). The molecule has 0 radical (unpaired) electrons. The molecule has 0 spiro atoms. The molecule has 6 heteroatoms. The van der Waals surface area contributed by atoms with Crippen molar-refractivity contribution in [3.8, 4) is 0 Å². The molecule has 0 saturated heterocycles. The molecule has 0 aromatic carbocycles. The summed E-state index contributed by atoms with van der Waals surface area (Å²) in [6.07, 6.45) is 1.59. The van der Waals surface area contributed by atoms with Gasteiger partial charge >= 0.3 is 0 Å². The Labute approximate surface area is 118 Å². The van der Waals surface area contributed by atoms with Crippen molar-refractivity contribution in [1.82, 2.24) is 15.2 Å². The summed E-state index contributed by atoms with van der Waals surface area (Å²) in [5, 5.41) is 2.73.